The molecule has 8 nitrogen and oxygen atoms in total. The van der Waals surface area contributed by atoms with E-state index in [0.717, 1.165) is 5.56 Å². The summed E-state index contributed by atoms with van der Waals surface area (Å²) in [6.45, 7) is 2.76. The lowest BCUT2D eigenvalue weighted by atomic mass is 9.97. The average Bonchev–Trinajstić information content (AvgIpc) is 2.63. The van der Waals surface area contributed by atoms with E-state index >= 15 is 0 Å². The molecule has 1 aromatic carbocycles. The van der Waals surface area contributed by atoms with Gasteiger partial charge in [-0.2, -0.15) is 0 Å². The van der Waals surface area contributed by atoms with Crippen molar-refractivity contribution in [3.8, 4) is 0 Å². The Morgan fingerprint density at radius 3 is 2.27 bits per heavy atom. The summed E-state index contributed by atoms with van der Waals surface area (Å²) in [6, 6.07) is 9.38. The fourth-order valence-electron chi connectivity index (χ4n) is 3.16. The van der Waals surface area contributed by atoms with E-state index < -0.39 is 48.9 Å². The van der Waals surface area contributed by atoms with Gasteiger partial charge in [-0.25, -0.2) is 0 Å². The van der Waals surface area contributed by atoms with E-state index in [0.29, 0.717) is 0 Å². The van der Waals surface area contributed by atoms with E-state index in [1.54, 1.807) is 0 Å². The molecule has 0 N–H and O–H groups in total. The Hall–Kier alpha value is -2.00. The lowest BCUT2D eigenvalue weighted by Gasteiger charge is -2.47. The Labute approximate surface area is 151 Å². The highest BCUT2D eigenvalue weighted by Crippen LogP contribution is 2.36. The molecule has 0 unspecified atom stereocenters. The molecular formula is C18H22O8. The van der Waals surface area contributed by atoms with Gasteiger partial charge in [0, 0.05) is 26.5 Å². The van der Waals surface area contributed by atoms with Crippen molar-refractivity contribution in [1.29, 1.82) is 0 Å². The third-order valence-electron chi connectivity index (χ3n) is 4.19. The van der Waals surface area contributed by atoms with Gasteiger partial charge in [-0.3, -0.25) is 9.59 Å². The molecule has 8 heteroatoms. The lowest BCUT2D eigenvalue weighted by Crippen LogP contribution is -2.64. The number of carbonyl (C=O) groups is 2. The predicted molar refractivity (Wildman–Crippen MR) is 86.8 cm³/mol. The predicted octanol–water partition coefficient (Wildman–Crippen LogP) is 1.34. The van der Waals surface area contributed by atoms with Crippen LogP contribution in [0, 0.1) is 0 Å². The van der Waals surface area contributed by atoms with E-state index in [9.17, 15) is 9.59 Å². The topological polar surface area (TPSA) is 89.5 Å². The molecule has 2 fully saturated rings. The summed E-state index contributed by atoms with van der Waals surface area (Å²) in [6.07, 6.45) is -4.57. The number of benzene rings is 1. The Balaban J connectivity index is 1.86. The van der Waals surface area contributed by atoms with Gasteiger partial charge < -0.3 is 28.4 Å². The van der Waals surface area contributed by atoms with Crippen molar-refractivity contribution in [2.45, 2.75) is 50.8 Å². The molecule has 2 saturated heterocycles. The maximum absolute atomic E-state index is 11.6. The molecule has 26 heavy (non-hydrogen) atoms. The number of ether oxygens (including phenoxy) is 6. The van der Waals surface area contributed by atoms with Crippen LogP contribution >= 0.6 is 0 Å². The Bertz CT molecular complexity index is 633. The summed E-state index contributed by atoms with van der Waals surface area (Å²) in [5.41, 5.74) is 0.824. The molecule has 2 heterocycles. The number of fused-ring (bicyclic) bond motifs is 1. The van der Waals surface area contributed by atoms with Crippen molar-refractivity contribution in [3.63, 3.8) is 0 Å². The van der Waals surface area contributed by atoms with Gasteiger partial charge in [0.25, 0.3) is 0 Å². The van der Waals surface area contributed by atoms with Crippen LogP contribution in [-0.4, -0.2) is 56.4 Å². The first kappa shape index (κ1) is 18.8. The number of rotatable bonds is 4. The number of hydrogen-bond donors (Lipinski definition) is 0. The van der Waals surface area contributed by atoms with E-state index in [1.807, 2.05) is 30.3 Å². The zero-order chi connectivity index (χ0) is 18.7. The lowest BCUT2D eigenvalue weighted by molar-refractivity contribution is -0.359. The average molecular weight is 366 g/mol. The number of hydrogen-bond acceptors (Lipinski definition) is 8. The van der Waals surface area contributed by atoms with Gasteiger partial charge in [-0.05, 0) is 0 Å². The highest BCUT2D eigenvalue weighted by Gasteiger charge is 2.53. The Morgan fingerprint density at radius 2 is 1.65 bits per heavy atom. The standard InChI is InChI=1S/C18H22O8/c1-10(19)23-15-14-13(25-18(21-3)16(15)24-11(2)20)9-22-17(26-14)12-7-5-4-6-8-12/h4-8,13-18H,9H2,1-3H3/t13-,14+,15+,16+,17+,18-/m1/s1. The highest BCUT2D eigenvalue weighted by atomic mass is 16.8. The quantitative estimate of drug-likeness (QED) is 0.738. The first-order valence-corrected chi connectivity index (χ1v) is 8.34. The molecule has 0 amide bonds. The van der Waals surface area contributed by atoms with Crippen LogP contribution < -0.4 is 0 Å². The van der Waals surface area contributed by atoms with Crippen LogP contribution in [0.2, 0.25) is 0 Å². The molecule has 0 aromatic heterocycles. The summed E-state index contributed by atoms with van der Waals surface area (Å²) in [5.74, 6) is -1.06. The van der Waals surface area contributed by atoms with Crippen molar-refractivity contribution in [3.05, 3.63) is 35.9 Å². The van der Waals surface area contributed by atoms with Gasteiger partial charge >= 0.3 is 11.9 Å². The van der Waals surface area contributed by atoms with Gasteiger partial charge in [-0.15, -0.1) is 0 Å². The van der Waals surface area contributed by atoms with Crippen LogP contribution in [0.1, 0.15) is 25.7 Å². The van der Waals surface area contributed by atoms with E-state index in [4.69, 9.17) is 28.4 Å². The summed E-state index contributed by atoms with van der Waals surface area (Å²) >= 11 is 0. The fraction of sp³-hybridized carbons (Fsp3) is 0.556. The van der Waals surface area contributed by atoms with E-state index in [2.05, 4.69) is 0 Å². The fourth-order valence-corrected chi connectivity index (χ4v) is 3.16. The SMILES string of the molecule is CO[C@@H]1O[C@@H]2CO[C@H](c3ccccc3)O[C@@H]2[C@H](OC(C)=O)[C@@H]1OC(C)=O. The molecule has 0 aliphatic carbocycles. The largest absolute Gasteiger partial charge is 0.455 e. The summed E-state index contributed by atoms with van der Waals surface area (Å²) in [4.78, 5) is 23.1. The second-order valence-corrected chi connectivity index (χ2v) is 6.10. The molecule has 2 aliphatic rings. The zero-order valence-electron chi connectivity index (χ0n) is 14.8. The maximum atomic E-state index is 11.6. The summed E-state index contributed by atoms with van der Waals surface area (Å²) in [5, 5.41) is 0. The molecule has 0 saturated carbocycles. The van der Waals surface area contributed by atoms with Crippen LogP contribution in [0.5, 0.6) is 0 Å². The van der Waals surface area contributed by atoms with Gasteiger partial charge in [0.1, 0.15) is 12.2 Å². The van der Waals surface area contributed by atoms with Crippen LogP contribution in [-0.2, 0) is 38.0 Å². The minimum absolute atomic E-state index is 0.217. The Kier molecular flexibility index (Phi) is 5.87. The van der Waals surface area contributed by atoms with Crippen molar-refractivity contribution in [1.82, 2.24) is 0 Å². The third kappa shape index (κ3) is 4.04. The van der Waals surface area contributed by atoms with Crippen LogP contribution in [0.3, 0.4) is 0 Å². The third-order valence-corrected chi connectivity index (χ3v) is 4.19. The van der Waals surface area contributed by atoms with Gasteiger partial charge in [0.05, 0.1) is 6.61 Å². The summed E-state index contributed by atoms with van der Waals surface area (Å²) in [7, 11) is 1.42. The molecule has 6 atom stereocenters. The van der Waals surface area contributed by atoms with E-state index in [-0.39, 0.29) is 6.61 Å². The number of esters is 2. The normalized spacial score (nSPS) is 33.8. The smallest absolute Gasteiger partial charge is 0.303 e. The van der Waals surface area contributed by atoms with Crippen LogP contribution in [0.25, 0.3) is 0 Å². The first-order valence-electron chi connectivity index (χ1n) is 8.34. The molecule has 1 aromatic rings. The number of methoxy groups -OCH3 is 1. The molecule has 0 radical (unpaired) electrons. The highest BCUT2D eigenvalue weighted by molar-refractivity contribution is 5.67. The molecule has 142 valence electrons. The van der Waals surface area contributed by atoms with Crippen molar-refractivity contribution in [2.24, 2.45) is 0 Å². The van der Waals surface area contributed by atoms with Gasteiger partial charge in [0.15, 0.2) is 24.8 Å². The first-order chi connectivity index (χ1) is 12.5. The van der Waals surface area contributed by atoms with Crippen molar-refractivity contribution in [2.75, 3.05) is 13.7 Å². The minimum Gasteiger partial charge on any atom is -0.455 e. The van der Waals surface area contributed by atoms with Crippen molar-refractivity contribution >= 4 is 11.9 Å². The zero-order valence-corrected chi connectivity index (χ0v) is 14.8. The minimum atomic E-state index is -0.947. The molecular weight excluding hydrogens is 344 g/mol. The van der Waals surface area contributed by atoms with E-state index in [1.165, 1.54) is 21.0 Å². The Morgan fingerprint density at radius 1 is 1.00 bits per heavy atom. The second-order valence-electron chi connectivity index (χ2n) is 6.10. The molecule has 2 aliphatic heterocycles. The maximum Gasteiger partial charge on any atom is 0.303 e. The number of carbonyl (C=O) groups excluding carboxylic acids is 2. The van der Waals surface area contributed by atoms with Crippen LogP contribution in [0.15, 0.2) is 30.3 Å². The monoisotopic (exact) mass is 366 g/mol. The van der Waals surface area contributed by atoms with Gasteiger partial charge in [-0.1, -0.05) is 30.3 Å². The summed E-state index contributed by atoms with van der Waals surface area (Å²) < 4.78 is 33.6. The van der Waals surface area contributed by atoms with Gasteiger partial charge in [0.2, 0.25) is 0 Å². The molecule has 3 rings (SSSR count). The molecule has 0 spiro atoms. The second kappa shape index (κ2) is 8.13. The van der Waals surface area contributed by atoms with Crippen molar-refractivity contribution < 1.29 is 38.0 Å². The molecule has 0 bridgehead atoms. The van der Waals surface area contributed by atoms with Crippen LogP contribution in [0.4, 0.5) is 0 Å².